The van der Waals surface area contributed by atoms with Crippen LogP contribution < -0.4 is 4.90 Å². The minimum absolute atomic E-state index is 0.0809. The Bertz CT molecular complexity index is 1560. The van der Waals surface area contributed by atoms with Crippen molar-refractivity contribution in [2.75, 3.05) is 31.1 Å². The van der Waals surface area contributed by atoms with Gasteiger partial charge in [-0.15, -0.1) is 11.3 Å². The highest BCUT2D eigenvalue weighted by molar-refractivity contribution is 7.16. The molecule has 1 amide bonds. The van der Waals surface area contributed by atoms with Crippen molar-refractivity contribution in [2.24, 2.45) is 0 Å². The number of hydrogen-bond acceptors (Lipinski definition) is 5. The van der Waals surface area contributed by atoms with Gasteiger partial charge in [-0.3, -0.25) is 9.69 Å². The van der Waals surface area contributed by atoms with E-state index in [4.69, 9.17) is 39.8 Å². The lowest BCUT2D eigenvalue weighted by molar-refractivity contribution is -0.118. The van der Waals surface area contributed by atoms with Crippen molar-refractivity contribution in [2.45, 2.75) is 31.1 Å². The summed E-state index contributed by atoms with van der Waals surface area (Å²) in [6.07, 6.45) is 9.00. The second-order valence-corrected chi connectivity index (χ2v) is 12.4. The van der Waals surface area contributed by atoms with E-state index in [2.05, 4.69) is 34.2 Å². The van der Waals surface area contributed by atoms with Gasteiger partial charge in [-0.25, -0.2) is 9.97 Å². The molecule has 1 fully saturated rings. The van der Waals surface area contributed by atoms with Crippen molar-refractivity contribution in [1.82, 2.24) is 14.9 Å². The van der Waals surface area contributed by atoms with Crippen molar-refractivity contribution in [1.29, 1.82) is 0 Å². The number of benzene rings is 2. The molecule has 4 aromatic rings. The standard InChI is InChI=1S/C30H27Cl3N4OS/c31-22-5-3-20(16-23(22)32)2-1-13-36-14-10-30(11-15-36)18-37(24-6-7-25-29(28(24)30)35-19-39-25)27(38)8-4-21-9-12-34-26(33)17-21/h1-3,5-7,9,12,16-17,19H,4,8,10-11,13-15,18H2/b2-1+. The molecule has 5 nitrogen and oxygen atoms in total. The summed E-state index contributed by atoms with van der Waals surface area (Å²) in [7, 11) is 0. The first-order valence-corrected chi connectivity index (χ1v) is 15.0. The lowest BCUT2D eigenvalue weighted by atomic mass is 9.74. The molecule has 2 aliphatic heterocycles. The molecule has 1 saturated heterocycles. The Labute approximate surface area is 247 Å². The van der Waals surface area contributed by atoms with Crippen LogP contribution >= 0.6 is 46.1 Å². The van der Waals surface area contributed by atoms with Crippen molar-refractivity contribution in [3.05, 3.63) is 92.1 Å². The zero-order valence-electron chi connectivity index (χ0n) is 21.2. The number of thiazole rings is 1. The Balaban J connectivity index is 1.18. The summed E-state index contributed by atoms with van der Waals surface area (Å²) in [6.45, 7) is 3.50. The number of piperidine rings is 1. The number of hydrogen-bond donors (Lipinski definition) is 0. The van der Waals surface area contributed by atoms with Crippen LogP contribution in [0.1, 0.15) is 36.0 Å². The van der Waals surface area contributed by atoms with Crippen LogP contribution in [-0.2, 0) is 16.6 Å². The molecule has 2 aromatic heterocycles. The molecule has 1 spiro atoms. The Morgan fingerprint density at radius 3 is 2.67 bits per heavy atom. The summed E-state index contributed by atoms with van der Waals surface area (Å²) >= 11 is 19.9. The average Bonchev–Trinajstić information content (AvgIpc) is 3.53. The van der Waals surface area contributed by atoms with E-state index in [-0.39, 0.29) is 11.3 Å². The van der Waals surface area contributed by atoms with Crippen LogP contribution in [0.15, 0.2) is 60.2 Å². The number of carbonyl (C=O) groups is 1. The molecular weight excluding hydrogens is 571 g/mol. The maximum absolute atomic E-state index is 13.6. The molecule has 0 aliphatic carbocycles. The third-order valence-corrected chi connectivity index (χ3v) is 9.65. The first-order chi connectivity index (χ1) is 18.9. The summed E-state index contributed by atoms with van der Waals surface area (Å²) in [4.78, 5) is 26.9. The highest BCUT2D eigenvalue weighted by Gasteiger charge is 2.47. The molecule has 39 heavy (non-hydrogen) atoms. The lowest BCUT2D eigenvalue weighted by Gasteiger charge is -2.39. The molecule has 0 unspecified atom stereocenters. The van der Waals surface area contributed by atoms with Crippen molar-refractivity contribution in [3.63, 3.8) is 0 Å². The maximum Gasteiger partial charge on any atom is 0.227 e. The van der Waals surface area contributed by atoms with Gasteiger partial charge >= 0.3 is 0 Å². The molecule has 0 atom stereocenters. The van der Waals surface area contributed by atoms with Gasteiger partial charge in [-0.05, 0) is 79.9 Å². The molecule has 6 rings (SSSR count). The zero-order valence-corrected chi connectivity index (χ0v) is 24.3. The Morgan fingerprint density at radius 1 is 1.03 bits per heavy atom. The Hall–Kier alpha value is -2.48. The summed E-state index contributed by atoms with van der Waals surface area (Å²) in [5, 5.41) is 1.58. The fraction of sp³-hybridized carbons (Fsp3) is 0.300. The molecule has 0 saturated carbocycles. The molecule has 4 heterocycles. The highest BCUT2D eigenvalue weighted by Crippen LogP contribution is 2.50. The number of anilines is 1. The second kappa shape index (κ2) is 11.2. The summed E-state index contributed by atoms with van der Waals surface area (Å²) in [6, 6.07) is 13.7. The molecule has 2 aliphatic rings. The van der Waals surface area contributed by atoms with Gasteiger partial charge in [-0.2, -0.15) is 0 Å². The van der Waals surface area contributed by atoms with Gasteiger partial charge in [0.1, 0.15) is 5.15 Å². The predicted octanol–water partition coefficient (Wildman–Crippen LogP) is 7.68. The Morgan fingerprint density at radius 2 is 1.87 bits per heavy atom. The van der Waals surface area contributed by atoms with Crippen LogP contribution in [0, 0.1) is 0 Å². The summed E-state index contributed by atoms with van der Waals surface area (Å²) in [5.41, 5.74) is 7.24. The molecule has 0 N–H and O–H groups in total. The van der Waals surface area contributed by atoms with Gasteiger partial charge in [0.15, 0.2) is 0 Å². The minimum Gasteiger partial charge on any atom is -0.311 e. The van der Waals surface area contributed by atoms with Crippen LogP contribution in [0.5, 0.6) is 0 Å². The van der Waals surface area contributed by atoms with Gasteiger partial charge in [0, 0.05) is 42.4 Å². The number of aryl methyl sites for hydroxylation is 1. The third kappa shape index (κ3) is 5.46. The largest absolute Gasteiger partial charge is 0.311 e. The van der Waals surface area contributed by atoms with Crippen LogP contribution in [0.3, 0.4) is 0 Å². The number of carbonyl (C=O) groups excluding carboxylic acids is 1. The summed E-state index contributed by atoms with van der Waals surface area (Å²) < 4.78 is 1.18. The SMILES string of the molecule is O=C(CCc1ccnc(Cl)c1)N1CC2(CCN(C/C=C/c3ccc(Cl)c(Cl)c3)CC2)c2c1ccc1scnc21. The lowest BCUT2D eigenvalue weighted by Crippen LogP contribution is -2.46. The van der Waals surface area contributed by atoms with E-state index in [1.54, 1.807) is 17.5 Å². The average molecular weight is 598 g/mol. The van der Waals surface area contributed by atoms with E-state index in [9.17, 15) is 4.79 Å². The molecule has 0 bridgehead atoms. The second-order valence-electron chi connectivity index (χ2n) is 10.3. The van der Waals surface area contributed by atoms with Gasteiger partial charge in [0.25, 0.3) is 0 Å². The summed E-state index contributed by atoms with van der Waals surface area (Å²) in [5.74, 6) is 0.141. The van der Waals surface area contributed by atoms with Crippen molar-refractivity contribution < 1.29 is 4.79 Å². The van der Waals surface area contributed by atoms with E-state index < -0.39 is 0 Å². The topological polar surface area (TPSA) is 49.3 Å². The maximum atomic E-state index is 13.6. The van der Waals surface area contributed by atoms with E-state index >= 15 is 0 Å². The van der Waals surface area contributed by atoms with Crippen LogP contribution in [-0.4, -0.2) is 47.0 Å². The van der Waals surface area contributed by atoms with E-state index in [1.807, 2.05) is 40.7 Å². The van der Waals surface area contributed by atoms with Crippen LogP contribution in [0.4, 0.5) is 5.69 Å². The van der Waals surface area contributed by atoms with Gasteiger partial charge in [-0.1, -0.05) is 53.0 Å². The fourth-order valence-electron chi connectivity index (χ4n) is 5.87. The minimum atomic E-state index is -0.0809. The van der Waals surface area contributed by atoms with E-state index in [0.29, 0.717) is 34.6 Å². The fourth-order valence-corrected chi connectivity index (χ4v) is 7.06. The monoisotopic (exact) mass is 596 g/mol. The van der Waals surface area contributed by atoms with Crippen molar-refractivity contribution in [3.8, 4) is 0 Å². The number of nitrogens with zero attached hydrogens (tertiary/aromatic N) is 4. The normalized spacial score (nSPS) is 16.9. The molecule has 0 radical (unpaired) electrons. The van der Waals surface area contributed by atoms with E-state index in [1.165, 1.54) is 10.3 Å². The molecule has 9 heteroatoms. The molecular formula is C30H27Cl3N4OS. The number of halogens is 3. The number of rotatable bonds is 6. The molecule has 200 valence electrons. The Kier molecular flexibility index (Phi) is 7.66. The van der Waals surface area contributed by atoms with Gasteiger partial charge in [0.2, 0.25) is 5.91 Å². The first-order valence-electron chi connectivity index (χ1n) is 13.0. The first kappa shape index (κ1) is 26.7. The van der Waals surface area contributed by atoms with Crippen molar-refractivity contribution >= 4 is 74.0 Å². The number of likely N-dealkylation sites (tertiary alicyclic amines) is 1. The van der Waals surface area contributed by atoms with Gasteiger partial charge in [0.05, 0.1) is 25.8 Å². The van der Waals surface area contributed by atoms with Crippen LogP contribution in [0.25, 0.3) is 16.3 Å². The predicted molar refractivity (Wildman–Crippen MR) is 162 cm³/mol. The zero-order chi connectivity index (χ0) is 27.0. The van der Waals surface area contributed by atoms with Crippen LogP contribution in [0.2, 0.25) is 15.2 Å². The van der Waals surface area contributed by atoms with E-state index in [0.717, 1.165) is 54.8 Å². The smallest absolute Gasteiger partial charge is 0.227 e. The number of fused-ring (bicyclic) bond motifs is 4. The number of aromatic nitrogens is 2. The number of pyridine rings is 1. The molecule has 2 aromatic carbocycles. The quantitative estimate of drug-likeness (QED) is 0.214. The number of amides is 1. The third-order valence-electron chi connectivity index (χ3n) is 7.91. The highest BCUT2D eigenvalue weighted by atomic mass is 35.5. The van der Waals surface area contributed by atoms with Gasteiger partial charge < -0.3 is 4.90 Å².